The van der Waals surface area contributed by atoms with Gasteiger partial charge in [-0.15, -0.1) is 0 Å². The van der Waals surface area contributed by atoms with Crippen molar-refractivity contribution in [3.8, 4) is 29.1 Å². The molecule has 0 radical (unpaired) electrons. The van der Waals surface area contributed by atoms with E-state index in [1.54, 1.807) is 57.2 Å². The van der Waals surface area contributed by atoms with Crippen molar-refractivity contribution in [2.24, 2.45) is 4.99 Å². The van der Waals surface area contributed by atoms with Crippen molar-refractivity contribution < 1.29 is 38.0 Å². The highest BCUT2D eigenvalue weighted by Crippen LogP contribution is 2.38. The third-order valence-electron chi connectivity index (χ3n) is 6.50. The van der Waals surface area contributed by atoms with Crippen LogP contribution in [0.5, 0.6) is 23.0 Å². The van der Waals surface area contributed by atoms with Crippen molar-refractivity contribution >= 4 is 41.0 Å². The highest BCUT2D eigenvalue weighted by atomic mass is 35.5. The minimum absolute atomic E-state index is 0.119. The Morgan fingerprint density at radius 2 is 1.87 bits per heavy atom. The van der Waals surface area contributed by atoms with Crippen LogP contribution in [-0.2, 0) is 19.1 Å². The van der Waals surface area contributed by atoms with Gasteiger partial charge in [-0.2, -0.15) is 5.26 Å². The van der Waals surface area contributed by atoms with Crippen LogP contribution < -0.4 is 33.8 Å². The molecule has 0 aliphatic carbocycles. The van der Waals surface area contributed by atoms with Gasteiger partial charge in [0.15, 0.2) is 41.0 Å². The molecule has 14 heteroatoms. The number of methoxy groups -OCH3 is 2. The van der Waals surface area contributed by atoms with Crippen LogP contribution in [0.4, 0.5) is 0 Å². The predicted octanol–water partition coefficient (Wildman–Crippen LogP) is 3.31. The number of nitrogens with zero attached hydrogens (tertiary/aromatic N) is 3. The van der Waals surface area contributed by atoms with Gasteiger partial charge in [-0.1, -0.05) is 29.0 Å². The Bertz CT molecular complexity index is 1870. The fraction of sp³-hybridized carbons (Fsp3) is 0.323. The summed E-state index contributed by atoms with van der Waals surface area (Å²) in [6.45, 7) is 5.00. The van der Waals surface area contributed by atoms with Crippen LogP contribution in [0.2, 0.25) is 5.02 Å². The van der Waals surface area contributed by atoms with E-state index in [4.69, 9.17) is 40.5 Å². The van der Waals surface area contributed by atoms with E-state index < -0.39 is 23.5 Å². The zero-order valence-corrected chi connectivity index (χ0v) is 26.7. The molecule has 1 aliphatic heterocycles. The average molecular weight is 656 g/mol. The largest absolute Gasteiger partial charge is 0.493 e. The molecule has 0 spiro atoms. The van der Waals surface area contributed by atoms with Crippen molar-refractivity contribution in [3.05, 3.63) is 77.4 Å². The van der Waals surface area contributed by atoms with Gasteiger partial charge in [-0.05, 0) is 62.2 Å². The van der Waals surface area contributed by atoms with E-state index in [1.807, 2.05) is 6.07 Å². The first-order chi connectivity index (χ1) is 21.7. The number of aromatic nitrogens is 1. The van der Waals surface area contributed by atoms with E-state index >= 15 is 0 Å². The predicted molar refractivity (Wildman–Crippen MR) is 165 cm³/mol. The number of ether oxygens (including phenoxy) is 6. The summed E-state index contributed by atoms with van der Waals surface area (Å²) in [6.07, 6.45) is 1.63. The Morgan fingerprint density at radius 1 is 1.09 bits per heavy atom. The second kappa shape index (κ2) is 14.8. The van der Waals surface area contributed by atoms with Gasteiger partial charge in [0.05, 0.1) is 54.3 Å². The molecule has 3 aromatic rings. The molecule has 2 aromatic carbocycles. The van der Waals surface area contributed by atoms with Crippen molar-refractivity contribution in [2.45, 2.75) is 26.8 Å². The van der Waals surface area contributed by atoms with Crippen LogP contribution in [-0.4, -0.2) is 57.2 Å². The minimum atomic E-state index is -0.920. The van der Waals surface area contributed by atoms with Gasteiger partial charge in [0.1, 0.15) is 6.07 Å². The van der Waals surface area contributed by atoms with Gasteiger partial charge >= 0.3 is 11.9 Å². The van der Waals surface area contributed by atoms with Crippen LogP contribution in [0.15, 0.2) is 51.4 Å². The summed E-state index contributed by atoms with van der Waals surface area (Å²) >= 11 is 7.56. The Hall–Kier alpha value is -4.80. The molecule has 0 unspecified atom stereocenters. The van der Waals surface area contributed by atoms with Crippen molar-refractivity contribution in [2.75, 3.05) is 40.6 Å². The van der Waals surface area contributed by atoms with E-state index in [1.165, 1.54) is 18.8 Å². The first-order valence-corrected chi connectivity index (χ1v) is 14.9. The number of nitriles is 1. The normalized spacial score (nSPS) is 14.2. The van der Waals surface area contributed by atoms with E-state index in [9.17, 15) is 14.4 Å². The Balaban J connectivity index is 1.89. The lowest BCUT2D eigenvalue weighted by Gasteiger charge is -2.25. The monoisotopic (exact) mass is 655 g/mol. The van der Waals surface area contributed by atoms with Gasteiger partial charge in [-0.25, -0.2) is 14.6 Å². The number of hydrogen-bond acceptors (Lipinski definition) is 12. The molecule has 0 saturated heterocycles. The molecule has 45 heavy (non-hydrogen) atoms. The molecule has 236 valence electrons. The second-order valence-electron chi connectivity index (χ2n) is 9.29. The lowest BCUT2D eigenvalue weighted by atomic mass is 9.95. The van der Waals surface area contributed by atoms with Crippen LogP contribution in [0, 0.1) is 11.3 Å². The number of thiazole rings is 1. The fourth-order valence-corrected chi connectivity index (χ4v) is 5.92. The number of benzene rings is 2. The number of esters is 2. The van der Waals surface area contributed by atoms with Gasteiger partial charge in [0.2, 0.25) is 0 Å². The maximum atomic E-state index is 14.0. The molecular weight excluding hydrogens is 626 g/mol. The zero-order chi connectivity index (χ0) is 32.7. The van der Waals surface area contributed by atoms with Crippen LogP contribution in [0.1, 0.15) is 37.9 Å². The summed E-state index contributed by atoms with van der Waals surface area (Å²) in [4.78, 5) is 44.0. The van der Waals surface area contributed by atoms with Gasteiger partial charge in [0, 0.05) is 0 Å². The Kier molecular flexibility index (Phi) is 10.9. The fourth-order valence-electron chi connectivity index (χ4n) is 4.60. The lowest BCUT2D eigenvalue weighted by Crippen LogP contribution is -2.40. The van der Waals surface area contributed by atoms with E-state index in [0.29, 0.717) is 31.9 Å². The van der Waals surface area contributed by atoms with Crippen molar-refractivity contribution in [1.82, 2.24) is 4.57 Å². The smallest absolute Gasteiger partial charge is 0.343 e. The lowest BCUT2D eigenvalue weighted by molar-refractivity contribution is -0.143. The molecular formula is C31H30ClN3O9S. The quantitative estimate of drug-likeness (QED) is 0.266. The molecule has 0 bridgehead atoms. The number of hydrogen-bond donors (Lipinski definition) is 0. The van der Waals surface area contributed by atoms with Crippen molar-refractivity contribution in [1.29, 1.82) is 5.26 Å². The summed E-state index contributed by atoms with van der Waals surface area (Å²) in [5.74, 6) is -0.109. The maximum absolute atomic E-state index is 14.0. The summed E-state index contributed by atoms with van der Waals surface area (Å²) in [6, 6.07) is 9.11. The summed E-state index contributed by atoms with van der Waals surface area (Å²) in [5.41, 5.74) is 1.22. The molecule has 0 saturated carbocycles. The summed E-state index contributed by atoms with van der Waals surface area (Å²) in [7, 11) is 2.69. The zero-order valence-electron chi connectivity index (χ0n) is 25.2. The van der Waals surface area contributed by atoms with Gasteiger partial charge in [-0.3, -0.25) is 9.36 Å². The summed E-state index contributed by atoms with van der Waals surface area (Å²) < 4.78 is 34.0. The first kappa shape index (κ1) is 33.1. The number of carbonyl (C=O) groups excluding carboxylic acids is 2. The maximum Gasteiger partial charge on any atom is 0.343 e. The molecule has 0 fully saturated rings. The van der Waals surface area contributed by atoms with E-state index in [2.05, 4.69) is 9.73 Å². The van der Waals surface area contributed by atoms with E-state index in [-0.39, 0.29) is 54.3 Å². The number of carbonyl (C=O) groups is 2. The van der Waals surface area contributed by atoms with E-state index in [0.717, 1.165) is 11.3 Å². The second-order valence-corrected chi connectivity index (χ2v) is 10.7. The average Bonchev–Trinajstić information content (AvgIpc) is 3.32. The number of allylic oxidation sites excluding steroid dienone is 1. The van der Waals surface area contributed by atoms with Crippen molar-refractivity contribution in [3.63, 3.8) is 0 Å². The molecule has 1 atom stereocenters. The molecule has 4 rings (SSSR count). The minimum Gasteiger partial charge on any atom is -0.493 e. The number of halogens is 1. The topological polar surface area (TPSA) is 148 Å². The standard InChI is InChI=1S/C31H30ClN3O9S/c1-6-41-22-15-19(8-9-21(22)44-16-25(36)40-5)27-26(30(38)42-7-2)17(3)34-31-35(27)29(37)24(45-31)14-18-12-20(32)28(43-11-10-33)23(13-18)39-4/h8-9,12-15,27H,6-7,11,16H2,1-5H3/b24-14-/t27-/m1/s1. The third kappa shape index (κ3) is 7.13. The third-order valence-corrected chi connectivity index (χ3v) is 7.77. The Morgan fingerprint density at radius 3 is 2.53 bits per heavy atom. The summed E-state index contributed by atoms with van der Waals surface area (Å²) in [5, 5.41) is 9.08. The molecule has 1 aromatic heterocycles. The molecule has 0 N–H and O–H groups in total. The van der Waals surface area contributed by atoms with Crippen LogP contribution >= 0.6 is 22.9 Å². The molecule has 2 heterocycles. The number of fused-ring (bicyclic) bond motifs is 1. The van der Waals surface area contributed by atoms with Crippen LogP contribution in [0.25, 0.3) is 6.08 Å². The molecule has 0 amide bonds. The highest BCUT2D eigenvalue weighted by Gasteiger charge is 2.34. The first-order valence-electron chi connectivity index (χ1n) is 13.7. The Labute approximate surface area is 267 Å². The SMILES string of the molecule is CCOC(=O)C1=C(C)N=c2s/c(=C\c3cc(Cl)c(OCC#N)c(OC)c3)c(=O)n2[C@@H]1c1ccc(OCC(=O)OC)c(OCC)c1. The highest BCUT2D eigenvalue weighted by molar-refractivity contribution is 7.07. The van der Waals surface area contributed by atoms with Gasteiger partial charge < -0.3 is 28.4 Å². The molecule has 12 nitrogen and oxygen atoms in total. The molecule has 1 aliphatic rings. The van der Waals surface area contributed by atoms with Crippen LogP contribution in [0.3, 0.4) is 0 Å². The van der Waals surface area contributed by atoms with Gasteiger partial charge in [0.25, 0.3) is 5.56 Å². The number of rotatable bonds is 12.